The summed E-state index contributed by atoms with van der Waals surface area (Å²) < 4.78 is 5.60. The van der Waals surface area contributed by atoms with Gasteiger partial charge in [0, 0.05) is 0 Å². The van der Waals surface area contributed by atoms with Gasteiger partial charge in [-0.15, -0.1) is 0 Å². The van der Waals surface area contributed by atoms with E-state index in [0.717, 1.165) is 12.3 Å². The Kier molecular flexibility index (Phi) is 5.19. The van der Waals surface area contributed by atoms with Crippen LogP contribution < -0.4 is 10.1 Å². The van der Waals surface area contributed by atoms with Crippen LogP contribution in [0.3, 0.4) is 0 Å². The topological polar surface area (TPSA) is 21.3 Å². The molecule has 20 heavy (non-hydrogen) atoms. The molecule has 0 bridgehead atoms. The molecule has 1 atom stereocenters. The summed E-state index contributed by atoms with van der Waals surface area (Å²) in [6.45, 7) is 7.88. The molecule has 2 heteroatoms. The highest BCUT2D eigenvalue weighted by molar-refractivity contribution is 5.37. The molecule has 2 nitrogen and oxygen atoms in total. The fourth-order valence-corrected chi connectivity index (χ4v) is 2.34. The van der Waals surface area contributed by atoms with E-state index in [1.165, 1.54) is 16.7 Å². The number of rotatable bonds is 6. The lowest BCUT2D eigenvalue weighted by Gasteiger charge is -2.20. The van der Waals surface area contributed by atoms with E-state index >= 15 is 0 Å². The fourth-order valence-electron chi connectivity index (χ4n) is 2.34. The predicted octanol–water partition coefficient (Wildman–Crippen LogP) is 4.09. The second-order valence-corrected chi connectivity index (χ2v) is 4.91. The molecule has 0 aromatic heterocycles. The molecule has 2 aromatic rings. The van der Waals surface area contributed by atoms with Crippen molar-refractivity contribution in [1.82, 2.24) is 5.32 Å². The highest BCUT2D eigenvalue weighted by Crippen LogP contribution is 2.25. The van der Waals surface area contributed by atoms with Gasteiger partial charge in [0.15, 0.2) is 0 Å². The third-order valence-electron chi connectivity index (χ3n) is 3.32. The van der Waals surface area contributed by atoms with Crippen molar-refractivity contribution < 1.29 is 4.74 Å². The zero-order valence-corrected chi connectivity index (χ0v) is 12.5. The minimum absolute atomic E-state index is 0.209. The number of benzene rings is 2. The van der Waals surface area contributed by atoms with E-state index in [9.17, 15) is 0 Å². The molecule has 0 fully saturated rings. The summed E-state index contributed by atoms with van der Waals surface area (Å²) in [5.41, 5.74) is 3.81. The summed E-state index contributed by atoms with van der Waals surface area (Å²) in [6.07, 6.45) is 0. The summed E-state index contributed by atoms with van der Waals surface area (Å²) in [5, 5.41) is 3.55. The highest BCUT2D eigenvalue weighted by Gasteiger charge is 2.13. The maximum atomic E-state index is 5.60. The quantitative estimate of drug-likeness (QED) is 0.852. The molecule has 2 rings (SSSR count). The van der Waals surface area contributed by atoms with Gasteiger partial charge in [-0.25, -0.2) is 0 Å². The van der Waals surface area contributed by atoms with E-state index in [1.807, 2.05) is 13.0 Å². The number of hydrogen-bond donors (Lipinski definition) is 1. The summed E-state index contributed by atoms with van der Waals surface area (Å²) in [5.74, 6) is 0.931. The second-order valence-electron chi connectivity index (χ2n) is 4.91. The Labute approximate surface area is 121 Å². The van der Waals surface area contributed by atoms with Crippen LogP contribution in [0.2, 0.25) is 0 Å². The largest absolute Gasteiger partial charge is 0.494 e. The standard InChI is InChI=1S/C18H23NO/c1-4-19-18(15-11-9-14(3)10-12-15)16-7-6-8-17(13-16)20-5-2/h6-13,18-19H,4-5H2,1-3H3. The van der Waals surface area contributed by atoms with Crippen molar-refractivity contribution in [3.63, 3.8) is 0 Å². The molecular formula is C18H23NO. The van der Waals surface area contributed by atoms with Crippen molar-refractivity contribution in [2.45, 2.75) is 26.8 Å². The Balaban J connectivity index is 2.32. The average molecular weight is 269 g/mol. The van der Waals surface area contributed by atoms with Gasteiger partial charge in [0.2, 0.25) is 0 Å². The van der Waals surface area contributed by atoms with Crippen molar-refractivity contribution >= 4 is 0 Å². The van der Waals surface area contributed by atoms with Crippen molar-refractivity contribution in [3.8, 4) is 5.75 Å². The van der Waals surface area contributed by atoms with Gasteiger partial charge in [-0.2, -0.15) is 0 Å². The maximum absolute atomic E-state index is 5.60. The molecule has 0 aliphatic carbocycles. The Morgan fingerprint density at radius 2 is 1.75 bits per heavy atom. The predicted molar refractivity (Wildman–Crippen MR) is 84.3 cm³/mol. The van der Waals surface area contributed by atoms with Crippen LogP contribution in [0.1, 0.15) is 36.6 Å². The van der Waals surface area contributed by atoms with Gasteiger partial charge < -0.3 is 10.1 Å². The minimum atomic E-state index is 0.209. The zero-order valence-electron chi connectivity index (χ0n) is 12.5. The monoisotopic (exact) mass is 269 g/mol. The third-order valence-corrected chi connectivity index (χ3v) is 3.32. The Bertz CT molecular complexity index is 533. The van der Waals surface area contributed by atoms with Crippen LogP contribution in [0.4, 0.5) is 0 Å². The van der Waals surface area contributed by atoms with Gasteiger partial charge in [0.05, 0.1) is 12.6 Å². The summed E-state index contributed by atoms with van der Waals surface area (Å²) >= 11 is 0. The average Bonchev–Trinajstić information content (AvgIpc) is 2.47. The van der Waals surface area contributed by atoms with Crippen molar-refractivity contribution in [3.05, 3.63) is 65.2 Å². The molecule has 2 aromatic carbocycles. The van der Waals surface area contributed by atoms with Gasteiger partial charge in [0.1, 0.15) is 5.75 Å². The molecule has 0 amide bonds. The van der Waals surface area contributed by atoms with E-state index in [0.29, 0.717) is 6.61 Å². The molecule has 0 aliphatic rings. The van der Waals surface area contributed by atoms with E-state index in [-0.39, 0.29) is 6.04 Å². The van der Waals surface area contributed by atoms with Gasteiger partial charge >= 0.3 is 0 Å². The molecule has 106 valence electrons. The summed E-state index contributed by atoms with van der Waals surface area (Å²) in [7, 11) is 0. The van der Waals surface area contributed by atoms with Gasteiger partial charge in [-0.1, -0.05) is 48.9 Å². The molecule has 0 heterocycles. The van der Waals surface area contributed by atoms with Crippen molar-refractivity contribution in [2.24, 2.45) is 0 Å². The first kappa shape index (κ1) is 14.6. The fraction of sp³-hybridized carbons (Fsp3) is 0.333. The molecule has 0 radical (unpaired) electrons. The Morgan fingerprint density at radius 3 is 2.40 bits per heavy atom. The lowest BCUT2D eigenvalue weighted by atomic mass is 9.97. The van der Waals surface area contributed by atoms with Gasteiger partial charge in [-0.05, 0) is 43.7 Å². The van der Waals surface area contributed by atoms with Crippen LogP contribution in [0.15, 0.2) is 48.5 Å². The molecule has 0 spiro atoms. The number of ether oxygens (including phenoxy) is 1. The summed E-state index contributed by atoms with van der Waals surface area (Å²) in [4.78, 5) is 0. The van der Waals surface area contributed by atoms with Crippen LogP contribution in [-0.2, 0) is 0 Å². The first-order valence-electron chi connectivity index (χ1n) is 7.27. The van der Waals surface area contributed by atoms with Crippen LogP contribution in [-0.4, -0.2) is 13.2 Å². The number of nitrogens with one attached hydrogen (secondary N) is 1. The van der Waals surface area contributed by atoms with E-state index in [1.54, 1.807) is 0 Å². The molecule has 1 unspecified atom stereocenters. The number of hydrogen-bond acceptors (Lipinski definition) is 2. The van der Waals surface area contributed by atoms with Crippen LogP contribution in [0.5, 0.6) is 5.75 Å². The van der Waals surface area contributed by atoms with Crippen molar-refractivity contribution in [2.75, 3.05) is 13.2 Å². The van der Waals surface area contributed by atoms with Gasteiger partial charge in [0.25, 0.3) is 0 Å². The molecule has 0 aliphatic heterocycles. The maximum Gasteiger partial charge on any atom is 0.119 e. The van der Waals surface area contributed by atoms with E-state index < -0.39 is 0 Å². The van der Waals surface area contributed by atoms with Crippen LogP contribution in [0.25, 0.3) is 0 Å². The first-order chi connectivity index (χ1) is 9.74. The summed E-state index contributed by atoms with van der Waals surface area (Å²) in [6, 6.07) is 17.2. The molecule has 0 saturated carbocycles. The van der Waals surface area contributed by atoms with E-state index in [2.05, 4.69) is 61.6 Å². The Hall–Kier alpha value is -1.80. The minimum Gasteiger partial charge on any atom is -0.494 e. The Morgan fingerprint density at radius 1 is 1.00 bits per heavy atom. The molecular weight excluding hydrogens is 246 g/mol. The van der Waals surface area contributed by atoms with E-state index in [4.69, 9.17) is 4.74 Å². The smallest absolute Gasteiger partial charge is 0.119 e. The van der Waals surface area contributed by atoms with Crippen LogP contribution >= 0.6 is 0 Å². The van der Waals surface area contributed by atoms with Crippen LogP contribution in [0, 0.1) is 6.92 Å². The SMILES string of the molecule is CCNC(c1ccc(C)cc1)c1cccc(OCC)c1. The lowest BCUT2D eigenvalue weighted by molar-refractivity contribution is 0.339. The number of aryl methyl sites for hydroxylation is 1. The normalized spacial score (nSPS) is 12.2. The molecule has 0 saturated heterocycles. The second kappa shape index (κ2) is 7.11. The first-order valence-corrected chi connectivity index (χ1v) is 7.27. The van der Waals surface area contributed by atoms with Gasteiger partial charge in [-0.3, -0.25) is 0 Å². The zero-order chi connectivity index (χ0) is 14.4. The van der Waals surface area contributed by atoms with Crippen molar-refractivity contribution in [1.29, 1.82) is 0 Å². The molecule has 1 N–H and O–H groups in total. The third kappa shape index (κ3) is 3.61. The highest BCUT2D eigenvalue weighted by atomic mass is 16.5. The lowest BCUT2D eigenvalue weighted by Crippen LogP contribution is -2.22.